The molecule has 0 radical (unpaired) electrons. The van der Waals surface area contributed by atoms with E-state index < -0.39 is 0 Å². The van der Waals surface area contributed by atoms with Gasteiger partial charge in [-0.3, -0.25) is 0 Å². The topological polar surface area (TPSA) is 50.5 Å². The first kappa shape index (κ1) is 14.0. The van der Waals surface area contributed by atoms with Crippen LogP contribution in [0.2, 0.25) is 0 Å². The van der Waals surface area contributed by atoms with Gasteiger partial charge >= 0.3 is 0 Å². The van der Waals surface area contributed by atoms with E-state index in [1.54, 1.807) is 0 Å². The Labute approximate surface area is 115 Å². The number of likely N-dealkylation sites (tertiary alicyclic amines) is 1. The summed E-state index contributed by atoms with van der Waals surface area (Å²) in [6.07, 6.45) is 2.68. The van der Waals surface area contributed by atoms with Crippen LogP contribution in [0.3, 0.4) is 0 Å². The number of para-hydroxylation sites is 1. The van der Waals surface area contributed by atoms with Crippen LogP contribution in [0.1, 0.15) is 26.7 Å². The highest BCUT2D eigenvalue weighted by atomic mass is 16.5. The van der Waals surface area contributed by atoms with E-state index in [1.165, 1.54) is 19.4 Å². The molecule has 106 valence electrons. The first-order valence-electron chi connectivity index (χ1n) is 7.07. The van der Waals surface area contributed by atoms with Gasteiger partial charge < -0.3 is 20.7 Å². The summed E-state index contributed by atoms with van der Waals surface area (Å²) in [7, 11) is 2.18. The van der Waals surface area contributed by atoms with E-state index in [-0.39, 0.29) is 6.10 Å². The molecule has 0 aliphatic carbocycles. The maximum Gasteiger partial charge on any atom is 0.144 e. The van der Waals surface area contributed by atoms with Crippen LogP contribution in [0.5, 0.6) is 5.75 Å². The smallest absolute Gasteiger partial charge is 0.144 e. The highest BCUT2D eigenvalue weighted by molar-refractivity contribution is 5.73. The minimum Gasteiger partial charge on any atom is -0.489 e. The van der Waals surface area contributed by atoms with Gasteiger partial charge in [0.15, 0.2) is 0 Å². The molecule has 2 rings (SSSR count). The molecule has 19 heavy (non-hydrogen) atoms. The number of likely N-dealkylation sites (N-methyl/N-ethyl adjacent to an activating group) is 1. The molecule has 1 aliphatic rings. The first-order chi connectivity index (χ1) is 9.08. The quantitative estimate of drug-likeness (QED) is 0.802. The van der Waals surface area contributed by atoms with Crippen molar-refractivity contribution in [1.82, 2.24) is 4.90 Å². The number of anilines is 2. The van der Waals surface area contributed by atoms with E-state index in [0.717, 1.165) is 18.0 Å². The maximum absolute atomic E-state index is 6.15. The lowest BCUT2D eigenvalue weighted by atomic mass is 10.2. The van der Waals surface area contributed by atoms with Crippen molar-refractivity contribution in [2.24, 2.45) is 0 Å². The second-order valence-corrected chi connectivity index (χ2v) is 5.54. The largest absolute Gasteiger partial charge is 0.489 e. The van der Waals surface area contributed by atoms with Gasteiger partial charge in [-0.25, -0.2) is 0 Å². The zero-order chi connectivity index (χ0) is 13.8. The SMILES string of the molecule is CC(C)Oc1cccc(NCC2CCCN2C)c1N. The number of nitrogen functional groups attached to an aromatic ring is 1. The van der Waals surface area contributed by atoms with Gasteiger partial charge in [-0.2, -0.15) is 0 Å². The molecular weight excluding hydrogens is 238 g/mol. The molecule has 1 aromatic rings. The van der Waals surface area contributed by atoms with E-state index in [9.17, 15) is 0 Å². The van der Waals surface area contributed by atoms with Crippen molar-refractivity contribution < 1.29 is 4.74 Å². The molecule has 4 heteroatoms. The van der Waals surface area contributed by atoms with Gasteiger partial charge in [0.1, 0.15) is 5.75 Å². The fourth-order valence-corrected chi connectivity index (χ4v) is 2.52. The average molecular weight is 263 g/mol. The third-order valence-corrected chi connectivity index (χ3v) is 3.63. The Hall–Kier alpha value is -1.42. The fourth-order valence-electron chi connectivity index (χ4n) is 2.52. The molecule has 0 saturated carbocycles. The molecule has 0 spiro atoms. The second kappa shape index (κ2) is 6.15. The Bertz CT molecular complexity index is 420. The van der Waals surface area contributed by atoms with Gasteiger partial charge in [-0.05, 0) is 52.4 Å². The van der Waals surface area contributed by atoms with E-state index in [4.69, 9.17) is 10.5 Å². The molecule has 0 aromatic heterocycles. The predicted molar refractivity (Wildman–Crippen MR) is 80.8 cm³/mol. The van der Waals surface area contributed by atoms with Crippen LogP contribution in [0.25, 0.3) is 0 Å². The number of nitrogens with one attached hydrogen (secondary N) is 1. The minimum atomic E-state index is 0.138. The van der Waals surface area contributed by atoms with Crippen LogP contribution in [0, 0.1) is 0 Å². The van der Waals surface area contributed by atoms with Crippen LogP contribution in [0.4, 0.5) is 11.4 Å². The Balaban J connectivity index is 2.00. The van der Waals surface area contributed by atoms with E-state index >= 15 is 0 Å². The minimum absolute atomic E-state index is 0.138. The molecule has 1 unspecified atom stereocenters. The number of hydrogen-bond donors (Lipinski definition) is 2. The molecule has 1 saturated heterocycles. The van der Waals surface area contributed by atoms with Crippen LogP contribution in [-0.4, -0.2) is 37.2 Å². The maximum atomic E-state index is 6.15. The van der Waals surface area contributed by atoms with Crippen molar-refractivity contribution >= 4 is 11.4 Å². The third kappa shape index (κ3) is 3.53. The number of nitrogens with two attached hydrogens (primary N) is 1. The first-order valence-corrected chi connectivity index (χ1v) is 7.07. The molecule has 1 fully saturated rings. The van der Waals surface area contributed by atoms with Gasteiger partial charge in [0.05, 0.1) is 17.5 Å². The summed E-state index contributed by atoms with van der Waals surface area (Å²) >= 11 is 0. The van der Waals surface area contributed by atoms with Crippen molar-refractivity contribution in [3.8, 4) is 5.75 Å². The molecular formula is C15H25N3O. The van der Waals surface area contributed by atoms with E-state index in [1.807, 2.05) is 32.0 Å². The molecule has 1 heterocycles. The zero-order valence-corrected chi connectivity index (χ0v) is 12.1. The predicted octanol–water partition coefficient (Wildman–Crippen LogP) is 2.56. The Morgan fingerprint density at radius 2 is 2.26 bits per heavy atom. The summed E-state index contributed by atoms with van der Waals surface area (Å²) in [6.45, 7) is 6.14. The van der Waals surface area contributed by atoms with Crippen LogP contribution in [-0.2, 0) is 0 Å². The van der Waals surface area contributed by atoms with Crippen LogP contribution < -0.4 is 15.8 Å². The summed E-state index contributed by atoms with van der Waals surface area (Å²) < 4.78 is 5.70. The van der Waals surface area contributed by atoms with Crippen molar-refractivity contribution in [1.29, 1.82) is 0 Å². The number of benzene rings is 1. The van der Waals surface area contributed by atoms with Gasteiger partial charge in [0.2, 0.25) is 0 Å². The average Bonchev–Trinajstić information content (AvgIpc) is 2.76. The standard InChI is InChI=1S/C15H25N3O/c1-11(2)19-14-8-4-7-13(15(14)16)17-10-12-6-5-9-18(12)3/h4,7-8,11-12,17H,5-6,9-10,16H2,1-3H3. The highest BCUT2D eigenvalue weighted by Crippen LogP contribution is 2.30. The summed E-state index contributed by atoms with van der Waals surface area (Å²) in [4.78, 5) is 2.40. The van der Waals surface area contributed by atoms with Crippen LogP contribution >= 0.6 is 0 Å². The third-order valence-electron chi connectivity index (χ3n) is 3.63. The van der Waals surface area contributed by atoms with Crippen molar-refractivity contribution in [3.05, 3.63) is 18.2 Å². The number of rotatable bonds is 5. The van der Waals surface area contributed by atoms with Crippen molar-refractivity contribution in [2.75, 3.05) is 31.2 Å². The van der Waals surface area contributed by atoms with E-state index in [0.29, 0.717) is 11.7 Å². The van der Waals surface area contributed by atoms with Gasteiger partial charge in [-0.1, -0.05) is 6.07 Å². The fraction of sp³-hybridized carbons (Fsp3) is 0.600. The molecule has 0 amide bonds. The Morgan fingerprint density at radius 3 is 2.89 bits per heavy atom. The molecule has 4 nitrogen and oxygen atoms in total. The normalized spacial score (nSPS) is 19.9. The van der Waals surface area contributed by atoms with Gasteiger partial charge in [-0.15, -0.1) is 0 Å². The molecule has 3 N–H and O–H groups in total. The molecule has 0 bridgehead atoms. The summed E-state index contributed by atoms with van der Waals surface area (Å²) in [5, 5.41) is 3.45. The summed E-state index contributed by atoms with van der Waals surface area (Å²) in [5.74, 6) is 0.764. The van der Waals surface area contributed by atoms with Crippen LogP contribution in [0.15, 0.2) is 18.2 Å². The lowest BCUT2D eigenvalue weighted by Gasteiger charge is -2.21. The number of hydrogen-bond acceptors (Lipinski definition) is 4. The molecule has 1 atom stereocenters. The molecule has 1 aromatic carbocycles. The number of ether oxygens (including phenoxy) is 1. The lowest BCUT2D eigenvalue weighted by molar-refractivity contribution is 0.244. The van der Waals surface area contributed by atoms with Gasteiger partial charge in [0.25, 0.3) is 0 Å². The number of nitrogens with zero attached hydrogens (tertiary/aromatic N) is 1. The van der Waals surface area contributed by atoms with Gasteiger partial charge in [0, 0.05) is 12.6 Å². The summed E-state index contributed by atoms with van der Waals surface area (Å²) in [5.41, 5.74) is 7.83. The monoisotopic (exact) mass is 263 g/mol. The summed E-state index contributed by atoms with van der Waals surface area (Å²) in [6, 6.07) is 6.52. The highest BCUT2D eigenvalue weighted by Gasteiger charge is 2.20. The Morgan fingerprint density at radius 1 is 1.47 bits per heavy atom. The van der Waals surface area contributed by atoms with Crippen molar-refractivity contribution in [3.63, 3.8) is 0 Å². The molecule has 1 aliphatic heterocycles. The van der Waals surface area contributed by atoms with E-state index in [2.05, 4.69) is 17.3 Å². The second-order valence-electron chi connectivity index (χ2n) is 5.54. The zero-order valence-electron chi connectivity index (χ0n) is 12.1. The lowest BCUT2D eigenvalue weighted by Crippen LogP contribution is -2.31. The van der Waals surface area contributed by atoms with Crippen molar-refractivity contribution in [2.45, 2.75) is 38.8 Å². The Kier molecular flexibility index (Phi) is 4.53.